The van der Waals surface area contributed by atoms with Crippen LogP contribution in [-0.4, -0.2) is 4.98 Å². The summed E-state index contributed by atoms with van der Waals surface area (Å²) in [5, 5.41) is 0. The topological polar surface area (TPSA) is 16.8 Å². The Kier molecular flexibility index (Phi) is 7.77. The van der Waals surface area contributed by atoms with E-state index in [4.69, 9.17) is 0 Å². The van der Waals surface area contributed by atoms with Crippen molar-refractivity contribution >= 4 is 12.4 Å². The number of pyridine rings is 2. The fourth-order valence-corrected chi connectivity index (χ4v) is 2.19. The van der Waals surface area contributed by atoms with Crippen LogP contribution in [0.3, 0.4) is 0 Å². The van der Waals surface area contributed by atoms with Crippen LogP contribution in [-0.2, 0) is 0 Å². The molecule has 0 saturated carbocycles. The molecule has 2 nitrogen and oxygen atoms in total. The normalized spacial score (nSPS) is 10.1. The smallest absolute Gasteiger partial charge is 0.184 e. The second-order valence-corrected chi connectivity index (χ2v) is 5.23. The lowest BCUT2D eigenvalue weighted by Gasteiger charge is -2.11. The zero-order chi connectivity index (χ0) is 13.1. The molecule has 0 radical (unpaired) electrons. The van der Waals surface area contributed by atoms with Crippen molar-refractivity contribution in [3.8, 4) is 11.1 Å². The molecule has 0 amide bonds. The van der Waals surface area contributed by atoms with Crippen molar-refractivity contribution in [1.29, 1.82) is 0 Å². The van der Waals surface area contributed by atoms with E-state index in [0.29, 0.717) is 12.0 Å². The number of hydrogen-bond acceptors (Lipinski definition) is 1. The maximum Gasteiger partial charge on any atom is 0.184 e. The highest BCUT2D eigenvalue weighted by Gasteiger charge is 2.18. The van der Waals surface area contributed by atoms with Crippen LogP contribution in [0.25, 0.3) is 11.1 Å². The monoisotopic (exact) mass is 312 g/mol. The lowest BCUT2D eigenvalue weighted by atomic mass is 10.0. The minimum atomic E-state index is 0. The Hall–Kier alpha value is -1.12. The van der Waals surface area contributed by atoms with Gasteiger partial charge in [-0.05, 0) is 37.1 Å². The highest BCUT2D eigenvalue weighted by molar-refractivity contribution is 5.85. The summed E-state index contributed by atoms with van der Waals surface area (Å²) in [5.74, 6) is 0.522. The lowest BCUT2D eigenvalue weighted by molar-refractivity contribution is -0.724. The molecule has 0 bridgehead atoms. The van der Waals surface area contributed by atoms with Crippen molar-refractivity contribution in [2.75, 3.05) is 0 Å². The van der Waals surface area contributed by atoms with Gasteiger partial charge in [0, 0.05) is 30.4 Å². The number of nitrogens with zero attached hydrogens (tertiary/aromatic N) is 2. The Bertz CT molecular complexity index is 525. The molecule has 0 spiro atoms. The van der Waals surface area contributed by atoms with Crippen molar-refractivity contribution < 1.29 is 17.0 Å². The Morgan fingerprint density at radius 3 is 2.05 bits per heavy atom. The van der Waals surface area contributed by atoms with Crippen molar-refractivity contribution in [2.24, 2.45) is 0 Å². The first-order valence-electron chi connectivity index (χ1n) is 6.55. The first-order chi connectivity index (χ1) is 8.59. The summed E-state index contributed by atoms with van der Waals surface area (Å²) in [4.78, 5) is 4.07. The van der Waals surface area contributed by atoms with Gasteiger partial charge in [0.25, 0.3) is 0 Å². The van der Waals surface area contributed by atoms with Crippen LogP contribution in [0.4, 0.5) is 0 Å². The predicted octanol–water partition coefficient (Wildman–Crippen LogP) is 1.17. The van der Waals surface area contributed by atoms with Crippen LogP contribution >= 0.6 is 12.4 Å². The summed E-state index contributed by atoms with van der Waals surface area (Å²) in [6.45, 7) is 8.92. The van der Waals surface area contributed by atoms with Crippen LogP contribution in [0, 0.1) is 0 Å². The van der Waals surface area contributed by atoms with E-state index in [2.05, 4.69) is 67.7 Å². The largest absolute Gasteiger partial charge is 1.00 e. The molecule has 0 aliphatic carbocycles. The molecule has 2 heterocycles. The predicted molar refractivity (Wildman–Crippen MR) is 81.6 cm³/mol. The quantitative estimate of drug-likeness (QED) is 0.777. The summed E-state index contributed by atoms with van der Waals surface area (Å²) in [6.07, 6.45) is 5.87. The molecular weight excluding hydrogens is 291 g/mol. The van der Waals surface area contributed by atoms with E-state index in [1.165, 1.54) is 16.8 Å². The summed E-state index contributed by atoms with van der Waals surface area (Å²) in [5.41, 5.74) is 3.86. The van der Waals surface area contributed by atoms with Gasteiger partial charge in [-0.2, -0.15) is 0 Å². The molecule has 2 aromatic heterocycles. The van der Waals surface area contributed by atoms with Crippen LogP contribution < -0.4 is 17.0 Å². The van der Waals surface area contributed by atoms with E-state index in [-0.39, 0.29) is 24.8 Å². The number of halogens is 2. The van der Waals surface area contributed by atoms with E-state index in [9.17, 15) is 0 Å². The molecule has 20 heavy (non-hydrogen) atoms. The number of aromatic nitrogens is 2. The lowest BCUT2D eigenvalue weighted by Crippen LogP contribution is -3.00. The second-order valence-electron chi connectivity index (χ2n) is 5.23. The van der Waals surface area contributed by atoms with E-state index in [1.807, 2.05) is 12.4 Å². The third-order valence-corrected chi connectivity index (χ3v) is 3.18. The standard InChI is InChI=1S/C16H21N2.2ClH/c1-12(2)16-11-15(7-10-18(16)13(3)4)14-5-8-17-9-6-14;;/h5-13H,1-4H3;2*1H/q+1;;/p-1. The van der Waals surface area contributed by atoms with Gasteiger partial charge < -0.3 is 12.4 Å². The first kappa shape index (κ1) is 18.9. The minimum Gasteiger partial charge on any atom is -1.00 e. The molecule has 4 heteroatoms. The molecule has 0 aromatic carbocycles. The summed E-state index contributed by atoms with van der Waals surface area (Å²) >= 11 is 0. The van der Waals surface area contributed by atoms with Crippen LogP contribution in [0.5, 0.6) is 0 Å². The Labute approximate surface area is 134 Å². The molecule has 2 aromatic rings. The fraction of sp³-hybridized carbons (Fsp3) is 0.375. The van der Waals surface area contributed by atoms with Crippen molar-refractivity contribution in [1.82, 2.24) is 4.98 Å². The van der Waals surface area contributed by atoms with Gasteiger partial charge in [-0.15, -0.1) is 12.4 Å². The molecule has 0 aliphatic heterocycles. The number of hydrogen-bond donors (Lipinski definition) is 0. The van der Waals surface area contributed by atoms with Gasteiger partial charge in [0.1, 0.15) is 0 Å². The van der Waals surface area contributed by atoms with E-state index in [1.54, 1.807) is 0 Å². The van der Waals surface area contributed by atoms with Crippen molar-refractivity contribution in [3.63, 3.8) is 0 Å². The molecule has 0 unspecified atom stereocenters. The van der Waals surface area contributed by atoms with Gasteiger partial charge in [0.15, 0.2) is 17.9 Å². The minimum absolute atomic E-state index is 0. The third-order valence-electron chi connectivity index (χ3n) is 3.18. The van der Waals surface area contributed by atoms with Gasteiger partial charge >= 0.3 is 0 Å². The summed E-state index contributed by atoms with van der Waals surface area (Å²) in [7, 11) is 0. The molecule has 0 atom stereocenters. The Morgan fingerprint density at radius 1 is 0.950 bits per heavy atom. The molecular formula is C16H22Cl2N2. The van der Waals surface area contributed by atoms with Gasteiger partial charge in [-0.3, -0.25) is 4.98 Å². The molecule has 0 saturated heterocycles. The summed E-state index contributed by atoms with van der Waals surface area (Å²) < 4.78 is 2.34. The summed E-state index contributed by atoms with van der Waals surface area (Å²) in [6, 6.07) is 9.08. The molecule has 0 fully saturated rings. The van der Waals surface area contributed by atoms with Crippen LogP contribution in [0.2, 0.25) is 0 Å². The van der Waals surface area contributed by atoms with Crippen molar-refractivity contribution in [3.05, 3.63) is 48.5 Å². The van der Waals surface area contributed by atoms with Gasteiger partial charge in [-0.1, -0.05) is 13.8 Å². The maximum atomic E-state index is 4.07. The Morgan fingerprint density at radius 2 is 1.55 bits per heavy atom. The number of rotatable bonds is 3. The molecule has 0 N–H and O–H groups in total. The molecule has 110 valence electrons. The maximum absolute atomic E-state index is 4.07. The van der Waals surface area contributed by atoms with E-state index in [0.717, 1.165) is 0 Å². The van der Waals surface area contributed by atoms with Gasteiger partial charge in [0.2, 0.25) is 0 Å². The SMILES string of the molecule is CC(C)c1cc(-c2ccncc2)cc[n+]1C(C)C.Cl.[Cl-]. The van der Waals surface area contributed by atoms with Crippen molar-refractivity contribution in [2.45, 2.75) is 39.7 Å². The first-order valence-corrected chi connectivity index (χ1v) is 6.55. The average Bonchev–Trinajstić information content (AvgIpc) is 2.39. The molecule has 0 aliphatic rings. The Balaban J connectivity index is 0.00000180. The molecule has 2 rings (SSSR count). The second kappa shape index (κ2) is 8.23. The average molecular weight is 313 g/mol. The van der Waals surface area contributed by atoms with E-state index < -0.39 is 0 Å². The van der Waals surface area contributed by atoms with Crippen LogP contribution in [0.15, 0.2) is 42.9 Å². The zero-order valence-electron chi connectivity index (χ0n) is 12.4. The fourth-order valence-electron chi connectivity index (χ4n) is 2.19. The highest BCUT2D eigenvalue weighted by atomic mass is 35.5. The van der Waals surface area contributed by atoms with Crippen LogP contribution in [0.1, 0.15) is 45.3 Å². The zero-order valence-corrected chi connectivity index (χ0v) is 13.9. The third kappa shape index (κ3) is 4.19. The van der Waals surface area contributed by atoms with E-state index >= 15 is 0 Å². The van der Waals surface area contributed by atoms with Gasteiger partial charge in [-0.25, -0.2) is 4.57 Å². The van der Waals surface area contributed by atoms with Gasteiger partial charge in [0.05, 0.1) is 0 Å². The highest BCUT2D eigenvalue weighted by Crippen LogP contribution is 2.21.